The van der Waals surface area contributed by atoms with Crippen molar-refractivity contribution in [1.82, 2.24) is 0 Å². The molecular weight excluding hydrogens is 301 g/mol. The molecule has 0 saturated heterocycles. The minimum Gasteiger partial charge on any atom is -0.374 e. The van der Waals surface area contributed by atoms with Gasteiger partial charge in [0.25, 0.3) is 0 Å². The molecule has 0 saturated carbocycles. The molecule has 0 bridgehead atoms. The fourth-order valence-corrected chi connectivity index (χ4v) is 2.73. The van der Waals surface area contributed by atoms with Crippen molar-refractivity contribution in [3.63, 3.8) is 0 Å². The summed E-state index contributed by atoms with van der Waals surface area (Å²) in [5, 5.41) is 5.53. The molecule has 1 rings (SSSR count). The van der Waals surface area contributed by atoms with Crippen molar-refractivity contribution in [3.05, 3.63) is 33.8 Å². The standard InChI is InChI=1S/C10H13Cl2NO4S/c1-6(17-18(13,14)15)10(16-2)9-7(11)4-3-5-8(9)12/h3-6,10H,1-2H3,(H2,13,14,15)/t6-,10+/m1/s1. The molecule has 0 radical (unpaired) electrons. The highest BCUT2D eigenvalue weighted by molar-refractivity contribution is 7.84. The smallest absolute Gasteiger partial charge is 0.333 e. The minimum atomic E-state index is -4.08. The molecule has 0 aromatic heterocycles. The molecule has 1 aromatic carbocycles. The normalized spacial score (nSPS) is 15.4. The van der Waals surface area contributed by atoms with Gasteiger partial charge in [-0.15, -0.1) is 0 Å². The fourth-order valence-electron chi connectivity index (χ4n) is 1.59. The summed E-state index contributed by atoms with van der Waals surface area (Å²) >= 11 is 12.0. The van der Waals surface area contributed by atoms with Crippen LogP contribution in [-0.4, -0.2) is 21.6 Å². The van der Waals surface area contributed by atoms with Crippen molar-refractivity contribution in [3.8, 4) is 0 Å². The summed E-state index contributed by atoms with van der Waals surface area (Å²) in [7, 11) is -2.68. The van der Waals surface area contributed by atoms with E-state index < -0.39 is 22.5 Å². The van der Waals surface area contributed by atoms with E-state index >= 15 is 0 Å². The lowest BCUT2D eigenvalue weighted by atomic mass is 10.1. The molecule has 0 heterocycles. The van der Waals surface area contributed by atoms with Crippen molar-refractivity contribution >= 4 is 33.5 Å². The Hall–Kier alpha value is -0.370. The maximum atomic E-state index is 10.9. The summed E-state index contributed by atoms with van der Waals surface area (Å²) < 4.78 is 31.6. The summed E-state index contributed by atoms with van der Waals surface area (Å²) in [6.45, 7) is 1.50. The first kappa shape index (κ1) is 15.7. The number of rotatable bonds is 5. The molecule has 102 valence electrons. The Kier molecular flexibility index (Phi) is 5.39. The van der Waals surface area contributed by atoms with Gasteiger partial charge in [0.15, 0.2) is 0 Å². The number of methoxy groups -OCH3 is 1. The number of nitrogens with two attached hydrogens (primary N) is 1. The Bertz CT molecular complexity index is 500. The van der Waals surface area contributed by atoms with Crippen LogP contribution in [0.25, 0.3) is 0 Å². The molecule has 0 aliphatic carbocycles. The number of hydrogen-bond donors (Lipinski definition) is 1. The molecule has 0 fully saturated rings. The van der Waals surface area contributed by atoms with E-state index in [1.54, 1.807) is 18.2 Å². The number of hydrogen-bond acceptors (Lipinski definition) is 4. The first-order valence-electron chi connectivity index (χ1n) is 4.94. The van der Waals surface area contributed by atoms with E-state index in [1.165, 1.54) is 14.0 Å². The second-order valence-corrected chi connectivity index (χ2v) is 5.58. The van der Waals surface area contributed by atoms with E-state index in [9.17, 15) is 8.42 Å². The largest absolute Gasteiger partial charge is 0.374 e. The highest BCUT2D eigenvalue weighted by atomic mass is 35.5. The van der Waals surface area contributed by atoms with Crippen LogP contribution in [-0.2, 0) is 19.2 Å². The molecule has 2 N–H and O–H groups in total. The number of ether oxygens (including phenoxy) is 1. The summed E-state index contributed by atoms with van der Waals surface area (Å²) in [4.78, 5) is 0. The summed E-state index contributed by atoms with van der Waals surface area (Å²) in [6, 6.07) is 4.92. The Morgan fingerprint density at radius 1 is 1.28 bits per heavy atom. The minimum absolute atomic E-state index is 0.360. The summed E-state index contributed by atoms with van der Waals surface area (Å²) in [6.07, 6.45) is -1.60. The van der Waals surface area contributed by atoms with Gasteiger partial charge in [0.2, 0.25) is 0 Å². The predicted molar refractivity (Wildman–Crippen MR) is 69.9 cm³/mol. The molecule has 0 aliphatic heterocycles. The average Bonchev–Trinajstić information content (AvgIpc) is 2.20. The molecular formula is C10H13Cl2NO4S. The van der Waals surface area contributed by atoms with Crippen LogP contribution in [0.4, 0.5) is 0 Å². The van der Waals surface area contributed by atoms with Crippen LogP contribution in [0.1, 0.15) is 18.6 Å². The van der Waals surface area contributed by atoms with Crippen LogP contribution >= 0.6 is 23.2 Å². The fraction of sp³-hybridized carbons (Fsp3) is 0.400. The topological polar surface area (TPSA) is 78.6 Å². The molecule has 5 nitrogen and oxygen atoms in total. The third-order valence-electron chi connectivity index (χ3n) is 2.25. The number of benzene rings is 1. The Morgan fingerprint density at radius 3 is 2.17 bits per heavy atom. The van der Waals surface area contributed by atoms with Crippen LogP contribution in [0.3, 0.4) is 0 Å². The van der Waals surface area contributed by atoms with Gasteiger partial charge in [-0.3, -0.25) is 4.18 Å². The molecule has 0 amide bonds. The molecule has 1 aromatic rings. The van der Waals surface area contributed by atoms with E-state index in [0.29, 0.717) is 15.6 Å². The predicted octanol–water partition coefficient (Wildman–Crippen LogP) is 2.29. The highest BCUT2D eigenvalue weighted by Gasteiger charge is 2.27. The van der Waals surface area contributed by atoms with Crippen molar-refractivity contribution in [2.45, 2.75) is 19.1 Å². The van der Waals surface area contributed by atoms with Crippen LogP contribution in [0, 0.1) is 0 Å². The van der Waals surface area contributed by atoms with E-state index in [4.69, 9.17) is 33.1 Å². The van der Waals surface area contributed by atoms with Gasteiger partial charge in [-0.05, 0) is 19.1 Å². The second kappa shape index (κ2) is 6.18. The highest BCUT2D eigenvalue weighted by Crippen LogP contribution is 2.35. The first-order valence-corrected chi connectivity index (χ1v) is 7.16. The SMILES string of the molecule is CO[C@H](c1c(Cl)cccc1Cl)[C@@H](C)OS(N)(=O)=O. The quantitative estimate of drug-likeness (QED) is 0.904. The zero-order valence-corrected chi connectivity index (χ0v) is 12.1. The van der Waals surface area contributed by atoms with Gasteiger partial charge in [-0.25, -0.2) is 5.14 Å². The van der Waals surface area contributed by atoms with E-state index in [0.717, 1.165) is 0 Å². The van der Waals surface area contributed by atoms with Gasteiger partial charge in [-0.2, -0.15) is 8.42 Å². The van der Waals surface area contributed by atoms with E-state index in [2.05, 4.69) is 4.18 Å². The Balaban J connectivity index is 3.10. The Morgan fingerprint density at radius 2 is 1.78 bits per heavy atom. The van der Waals surface area contributed by atoms with Crippen molar-refractivity contribution in [1.29, 1.82) is 0 Å². The average molecular weight is 314 g/mol. The van der Waals surface area contributed by atoms with Gasteiger partial charge in [-0.1, -0.05) is 29.3 Å². The Labute approximate surface area is 116 Å². The van der Waals surface area contributed by atoms with Crippen molar-refractivity contribution in [2.75, 3.05) is 7.11 Å². The summed E-state index contributed by atoms with van der Waals surface area (Å²) in [5.41, 5.74) is 0.458. The molecule has 0 aliphatic rings. The zero-order valence-electron chi connectivity index (χ0n) is 9.76. The lowest BCUT2D eigenvalue weighted by molar-refractivity contribution is 0.0127. The molecule has 0 spiro atoms. The third-order valence-corrected chi connectivity index (χ3v) is 3.48. The van der Waals surface area contributed by atoms with Gasteiger partial charge < -0.3 is 4.74 Å². The molecule has 8 heteroatoms. The van der Waals surface area contributed by atoms with Crippen LogP contribution < -0.4 is 5.14 Å². The lowest BCUT2D eigenvalue weighted by Crippen LogP contribution is -2.28. The van der Waals surface area contributed by atoms with Gasteiger partial charge in [0.05, 0.1) is 0 Å². The van der Waals surface area contributed by atoms with Crippen LogP contribution in [0.15, 0.2) is 18.2 Å². The maximum Gasteiger partial charge on any atom is 0.333 e. The monoisotopic (exact) mass is 313 g/mol. The van der Waals surface area contributed by atoms with Gasteiger partial charge in [0.1, 0.15) is 12.2 Å². The van der Waals surface area contributed by atoms with Crippen molar-refractivity contribution < 1.29 is 17.3 Å². The van der Waals surface area contributed by atoms with E-state index in [1.807, 2.05) is 0 Å². The van der Waals surface area contributed by atoms with Gasteiger partial charge in [0, 0.05) is 22.7 Å². The molecule has 2 atom stereocenters. The second-order valence-electron chi connectivity index (χ2n) is 3.59. The molecule has 0 unspecified atom stereocenters. The van der Waals surface area contributed by atoms with Crippen molar-refractivity contribution in [2.24, 2.45) is 5.14 Å². The first-order chi connectivity index (χ1) is 8.26. The molecule has 18 heavy (non-hydrogen) atoms. The van der Waals surface area contributed by atoms with E-state index in [-0.39, 0.29) is 0 Å². The summed E-state index contributed by atoms with van der Waals surface area (Å²) in [5.74, 6) is 0. The van der Waals surface area contributed by atoms with Crippen LogP contribution in [0.2, 0.25) is 10.0 Å². The zero-order chi connectivity index (χ0) is 13.9. The van der Waals surface area contributed by atoms with Gasteiger partial charge >= 0.3 is 10.3 Å². The maximum absolute atomic E-state index is 10.9. The lowest BCUT2D eigenvalue weighted by Gasteiger charge is -2.23. The third kappa shape index (κ3) is 4.08. The van der Waals surface area contributed by atoms with Crippen LogP contribution in [0.5, 0.6) is 0 Å². The number of halogens is 2.